The van der Waals surface area contributed by atoms with Crippen LogP contribution in [0.25, 0.3) is 0 Å². The molecular formula is C11H24N2O2. The van der Waals surface area contributed by atoms with Gasteiger partial charge in [-0.3, -0.25) is 0 Å². The monoisotopic (exact) mass is 216 g/mol. The Hall–Kier alpha value is -0.160. The molecule has 0 saturated carbocycles. The minimum atomic E-state index is 0.653. The van der Waals surface area contributed by atoms with Crippen molar-refractivity contribution in [2.75, 3.05) is 40.0 Å². The van der Waals surface area contributed by atoms with Crippen molar-refractivity contribution in [3.8, 4) is 0 Å². The molecule has 0 radical (unpaired) electrons. The van der Waals surface area contributed by atoms with Gasteiger partial charge in [-0.2, -0.15) is 0 Å². The normalized spacial score (nSPS) is 27.2. The molecule has 0 spiro atoms. The lowest BCUT2D eigenvalue weighted by Gasteiger charge is -2.20. The van der Waals surface area contributed by atoms with Crippen molar-refractivity contribution in [3.05, 3.63) is 0 Å². The molecule has 2 aliphatic rings. The summed E-state index contributed by atoms with van der Waals surface area (Å²) in [6.45, 7) is 4.47. The fraction of sp³-hybridized carbons (Fsp3) is 1.00. The van der Waals surface area contributed by atoms with Crippen LogP contribution in [0.2, 0.25) is 0 Å². The molecule has 0 aromatic carbocycles. The number of nitrogens with one attached hydrogen (secondary N) is 1. The molecular weight excluding hydrogens is 192 g/mol. The Balaban J connectivity index is 0.000000151. The lowest BCUT2D eigenvalue weighted by molar-refractivity contribution is 0.0799. The van der Waals surface area contributed by atoms with E-state index in [0.717, 1.165) is 39.4 Å². The van der Waals surface area contributed by atoms with Gasteiger partial charge in [-0.1, -0.05) is 0 Å². The molecule has 2 saturated heterocycles. The predicted octanol–water partition coefficient (Wildman–Crippen LogP) is 0.366. The molecule has 0 aromatic rings. The summed E-state index contributed by atoms with van der Waals surface area (Å²) < 4.78 is 10.2. The Labute approximate surface area is 92.5 Å². The first-order chi connectivity index (χ1) is 7.36. The van der Waals surface area contributed by atoms with Crippen LogP contribution in [0.5, 0.6) is 0 Å². The number of nitrogens with two attached hydrogens (primary N) is 1. The first kappa shape index (κ1) is 12.9. The van der Waals surface area contributed by atoms with Gasteiger partial charge in [0.2, 0.25) is 0 Å². The highest BCUT2D eigenvalue weighted by Crippen LogP contribution is 2.08. The Morgan fingerprint density at radius 3 is 2.13 bits per heavy atom. The maximum atomic E-state index is 5.35. The van der Waals surface area contributed by atoms with Gasteiger partial charge < -0.3 is 20.5 Å². The quantitative estimate of drug-likeness (QED) is 0.700. The van der Waals surface area contributed by atoms with Gasteiger partial charge in [0.15, 0.2) is 0 Å². The molecule has 1 unspecified atom stereocenters. The maximum Gasteiger partial charge on any atom is 0.0507 e. The fourth-order valence-corrected chi connectivity index (χ4v) is 1.76. The average Bonchev–Trinajstić information content (AvgIpc) is 2.84. The smallest absolute Gasteiger partial charge is 0.0507 e. The van der Waals surface area contributed by atoms with Crippen molar-refractivity contribution < 1.29 is 9.47 Å². The zero-order valence-electron chi connectivity index (χ0n) is 9.71. The highest BCUT2D eigenvalue weighted by molar-refractivity contribution is 4.66. The third kappa shape index (κ3) is 5.47. The molecule has 90 valence electrons. The molecule has 0 amide bonds. The van der Waals surface area contributed by atoms with Gasteiger partial charge in [0.1, 0.15) is 0 Å². The summed E-state index contributed by atoms with van der Waals surface area (Å²) >= 11 is 0. The molecule has 0 aliphatic carbocycles. The highest BCUT2D eigenvalue weighted by Gasteiger charge is 2.12. The molecule has 2 aliphatic heterocycles. The minimum Gasteiger partial charge on any atom is -0.381 e. The van der Waals surface area contributed by atoms with Crippen molar-refractivity contribution in [1.82, 2.24) is 5.32 Å². The molecule has 3 N–H and O–H groups in total. The van der Waals surface area contributed by atoms with Crippen LogP contribution in [0.1, 0.15) is 19.3 Å². The molecule has 0 bridgehead atoms. The molecule has 1 atom stereocenters. The van der Waals surface area contributed by atoms with E-state index in [1.165, 1.54) is 12.8 Å². The summed E-state index contributed by atoms with van der Waals surface area (Å²) in [4.78, 5) is 0. The van der Waals surface area contributed by atoms with E-state index in [4.69, 9.17) is 15.2 Å². The lowest BCUT2D eigenvalue weighted by atomic mass is 10.1. The third-order valence-electron chi connectivity index (χ3n) is 2.99. The largest absolute Gasteiger partial charge is 0.381 e. The van der Waals surface area contributed by atoms with Crippen LogP contribution < -0.4 is 11.1 Å². The van der Waals surface area contributed by atoms with Crippen LogP contribution in [0, 0.1) is 5.92 Å². The van der Waals surface area contributed by atoms with Crippen molar-refractivity contribution in [1.29, 1.82) is 0 Å². The van der Waals surface area contributed by atoms with Gasteiger partial charge in [0.25, 0.3) is 0 Å². The van der Waals surface area contributed by atoms with Crippen LogP contribution in [-0.2, 0) is 9.47 Å². The summed E-state index contributed by atoms with van der Waals surface area (Å²) in [5.41, 5.74) is 5.35. The Bertz CT molecular complexity index is 144. The zero-order valence-corrected chi connectivity index (χ0v) is 9.71. The molecule has 15 heavy (non-hydrogen) atoms. The zero-order chi connectivity index (χ0) is 10.9. The number of hydrogen-bond acceptors (Lipinski definition) is 4. The summed E-state index contributed by atoms with van der Waals surface area (Å²) in [5, 5.41) is 3.22. The highest BCUT2D eigenvalue weighted by atomic mass is 16.5. The second-order valence-corrected chi connectivity index (χ2v) is 4.14. The first-order valence-electron chi connectivity index (χ1n) is 5.89. The van der Waals surface area contributed by atoms with Crippen LogP contribution in [0.4, 0.5) is 0 Å². The van der Waals surface area contributed by atoms with Gasteiger partial charge in [-0.05, 0) is 38.8 Å². The fourth-order valence-electron chi connectivity index (χ4n) is 1.76. The van der Waals surface area contributed by atoms with Crippen LogP contribution >= 0.6 is 0 Å². The van der Waals surface area contributed by atoms with Crippen molar-refractivity contribution in [2.45, 2.75) is 25.3 Å². The van der Waals surface area contributed by atoms with Crippen LogP contribution in [0.3, 0.4) is 0 Å². The molecule has 4 nitrogen and oxygen atoms in total. The standard InChI is InChI=1S/C6H13NO.C5H11NO/c1-7-6-2-4-8-5-3-6;6-3-5-1-2-7-4-5/h6-7H,2-5H2,1H3;5H,1-4,6H2. The van der Waals surface area contributed by atoms with Gasteiger partial charge >= 0.3 is 0 Å². The van der Waals surface area contributed by atoms with Gasteiger partial charge in [-0.15, -0.1) is 0 Å². The van der Waals surface area contributed by atoms with E-state index in [0.29, 0.717) is 12.0 Å². The van der Waals surface area contributed by atoms with Crippen LogP contribution in [-0.4, -0.2) is 46.1 Å². The topological polar surface area (TPSA) is 56.5 Å². The second kappa shape index (κ2) is 8.05. The maximum absolute atomic E-state index is 5.35. The average molecular weight is 216 g/mol. The van der Waals surface area contributed by atoms with E-state index in [-0.39, 0.29) is 0 Å². The number of rotatable bonds is 2. The van der Waals surface area contributed by atoms with Crippen molar-refractivity contribution in [3.63, 3.8) is 0 Å². The number of ether oxygens (including phenoxy) is 2. The summed E-state index contributed by atoms with van der Waals surface area (Å²) in [6.07, 6.45) is 3.52. The summed E-state index contributed by atoms with van der Waals surface area (Å²) in [7, 11) is 2.01. The lowest BCUT2D eigenvalue weighted by Crippen LogP contribution is -2.31. The van der Waals surface area contributed by atoms with Crippen molar-refractivity contribution in [2.24, 2.45) is 11.7 Å². The first-order valence-corrected chi connectivity index (χ1v) is 5.89. The van der Waals surface area contributed by atoms with E-state index in [1.54, 1.807) is 0 Å². The summed E-state index contributed by atoms with van der Waals surface area (Å²) in [6, 6.07) is 0.712. The SMILES string of the molecule is CNC1CCOCC1.NCC1CCOC1. The van der Waals surface area contributed by atoms with Gasteiger partial charge in [-0.25, -0.2) is 0 Å². The number of hydrogen-bond donors (Lipinski definition) is 2. The van der Waals surface area contributed by atoms with Crippen LogP contribution in [0.15, 0.2) is 0 Å². The van der Waals surface area contributed by atoms with Gasteiger partial charge in [0.05, 0.1) is 6.61 Å². The Morgan fingerprint density at radius 2 is 1.80 bits per heavy atom. The molecule has 0 aromatic heterocycles. The summed E-state index contributed by atoms with van der Waals surface area (Å²) in [5.74, 6) is 0.653. The molecule has 2 rings (SSSR count). The molecule has 4 heteroatoms. The van der Waals surface area contributed by atoms with E-state index >= 15 is 0 Å². The van der Waals surface area contributed by atoms with E-state index in [2.05, 4.69) is 5.32 Å². The molecule has 2 fully saturated rings. The van der Waals surface area contributed by atoms with E-state index in [9.17, 15) is 0 Å². The van der Waals surface area contributed by atoms with Gasteiger partial charge in [0, 0.05) is 25.9 Å². The Morgan fingerprint density at radius 1 is 1.13 bits per heavy atom. The van der Waals surface area contributed by atoms with E-state index in [1.807, 2.05) is 7.05 Å². The Kier molecular flexibility index (Phi) is 6.92. The second-order valence-electron chi connectivity index (χ2n) is 4.14. The minimum absolute atomic E-state index is 0.653. The third-order valence-corrected chi connectivity index (χ3v) is 2.99. The predicted molar refractivity (Wildman–Crippen MR) is 60.9 cm³/mol. The van der Waals surface area contributed by atoms with Crippen molar-refractivity contribution >= 4 is 0 Å². The molecule has 2 heterocycles. The van der Waals surface area contributed by atoms with E-state index < -0.39 is 0 Å².